The largest absolute Gasteiger partial charge is 0.113 e. The molecule has 0 aliphatic heterocycles. The van der Waals surface area contributed by atoms with Crippen molar-refractivity contribution in [3.05, 3.63) is 72.9 Å². The molecule has 96 valence electrons. The predicted octanol–water partition coefficient (Wildman–Crippen LogP) is 6.08. The van der Waals surface area contributed by atoms with Crippen LogP contribution in [-0.4, -0.2) is 0 Å². The molecule has 0 saturated heterocycles. The second-order valence-electron chi connectivity index (χ2n) is 3.76. The smallest absolute Gasteiger partial charge is 0.0770 e. The Bertz CT molecular complexity index is 419. The first-order valence-electron chi connectivity index (χ1n) is 5.49. The number of hydrogen-bond donors (Lipinski definition) is 0. The van der Waals surface area contributed by atoms with Gasteiger partial charge >= 0.3 is 0 Å². The summed E-state index contributed by atoms with van der Waals surface area (Å²) < 4.78 is 0. The van der Waals surface area contributed by atoms with E-state index in [9.17, 15) is 0 Å². The first kappa shape index (κ1) is 15.4. The van der Waals surface area contributed by atoms with Gasteiger partial charge in [0.1, 0.15) is 0 Å². The van der Waals surface area contributed by atoms with Gasteiger partial charge in [-0.1, -0.05) is 36.4 Å². The summed E-state index contributed by atoms with van der Waals surface area (Å²) in [5.74, 6) is 0. The normalized spacial score (nSPS) is 15.5. The van der Waals surface area contributed by atoms with E-state index in [0.29, 0.717) is 0 Å². The molecule has 0 amide bonds. The van der Waals surface area contributed by atoms with Gasteiger partial charge in [-0.2, -0.15) is 0 Å². The Morgan fingerprint density at radius 2 is 1.17 bits per heavy atom. The van der Waals surface area contributed by atoms with Crippen LogP contribution in [-0.2, 0) is 0 Å². The zero-order valence-electron chi connectivity index (χ0n) is 9.95. The highest BCUT2D eigenvalue weighted by Crippen LogP contribution is 2.39. The second kappa shape index (κ2) is 7.04. The van der Waals surface area contributed by atoms with E-state index in [1.165, 1.54) is 0 Å². The fourth-order valence-corrected chi connectivity index (χ4v) is 2.41. The molecule has 3 atom stereocenters. The summed E-state index contributed by atoms with van der Waals surface area (Å²) in [7, 11) is 0. The van der Waals surface area contributed by atoms with Crippen LogP contribution in [0.5, 0.6) is 0 Å². The Hall–Kier alpha value is -0.690. The third-order valence-corrected chi connectivity index (χ3v) is 3.89. The van der Waals surface area contributed by atoms with Gasteiger partial charge in [0.25, 0.3) is 0 Å². The summed E-state index contributed by atoms with van der Waals surface area (Å²) in [5.41, 5.74) is 2.68. The molecule has 0 heterocycles. The van der Waals surface area contributed by atoms with Gasteiger partial charge in [0.05, 0.1) is 16.1 Å². The average Bonchev–Trinajstić information content (AvgIpc) is 2.43. The number of benzene rings is 1. The van der Waals surface area contributed by atoms with Crippen LogP contribution in [0.4, 0.5) is 0 Å². The van der Waals surface area contributed by atoms with Gasteiger partial charge in [-0.15, -0.1) is 54.5 Å². The van der Waals surface area contributed by atoms with Gasteiger partial charge in [0.15, 0.2) is 0 Å². The topological polar surface area (TPSA) is 0 Å². The Morgan fingerprint density at radius 3 is 1.50 bits per heavy atom. The minimum absolute atomic E-state index is 0.310. The molecule has 1 aromatic carbocycles. The molecule has 3 unspecified atom stereocenters. The fraction of sp³-hybridized carbons (Fsp3) is 0.200. The third-order valence-electron chi connectivity index (χ3n) is 2.66. The summed E-state index contributed by atoms with van der Waals surface area (Å²) in [6.07, 6.45) is 4.98. The van der Waals surface area contributed by atoms with E-state index in [0.717, 1.165) is 16.7 Å². The lowest BCUT2D eigenvalue weighted by Crippen LogP contribution is -2.03. The van der Waals surface area contributed by atoms with Crippen LogP contribution in [0.3, 0.4) is 0 Å². The van der Waals surface area contributed by atoms with Gasteiger partial charge in [-0.05, 0) is 16.7 Å². The maximum absolute atomic E-state index is 6.30. The monoisotopic (exact) mass is 300 g/mol. The van der Waals surface area contributed by atoms with E-state index in [-0.39, 0.29) is 16.1 Å². The number of hydrogen-bond acceptors (Lipinski definition) is 0. The van der Waals surface area contributed by atoms with Crippen LogP contribution in [0, 0.1) is 0 Å². The molecule has 0 radical (unpaired) electrons. The number of allylic oxidation sites excluding steroid dienone is 3. The summed E-state index contributed by atoms with van der Waals surface area (Å²) in [6, 6.07) is 5.74. The summed E-state index contributed by atoms with van der Waals surface area (Å²) in [5, 5.41) is -0.969. The van der Waals surface area contributed by atoms with Crippen molar-refractivity contribution in [1.29, 1.82) is 0 Å². The zero-order chi connectivity index (χ0) is 13.7. The molecule has 0 aliphatic carbocycles. The first-order chi connectivity index (χ1) is 8.56. The highest BCUT2D eigenvalue weighted by Gasteiger charge is 2.20. The van der Waals surface area contributed by atoms with Gasteiger partial charge in [0.2, 0.25) is 0 Å². The van der Waals surface area contributed by atoms with Crippen LogP contribution in [0.1, 0.15) is 32.8 Å². The van der Waals surface area contributed by atoms with Crippen molar-refractivity contribution >= 4 is 34.8 Å². The number of rotatable bonds is 6. The molecular weight excluding hydrogens is 287 g/mol. The van der Waals surface area contributed by atoms with E-state index >= 15 is 0 Å². The van der Waals surface area contributed by atoms with E-state index < -0.39 is 0 Å². The Balaban J connectivity index is 3.48. The molecular formula is C15H15Cl3. The summed E-state index contributed by atoms with van der Waals surface area (Å²) in [4.78, 5) is 0. The van der Waals surface area contributed by atoms with E-state index in [4.69, 9.17) is 34.8 Å². The first-order valence-corrected chi connectivity index (χ1v) is 6.80. The van der Waals surface area contributed by atoms with Gasteiger partial charge in [-0.25, -0.2) is 0 Å². The maximum atomic E-state index is 6.30. The standard InChI is InChI=1S/C15H15Cl3/c1-4-12(16)10-8-7-9-11(13(17)5-2)15(10)14(18)6-3/h4-9,12-14H,1-3H2. The Morgan fingerprint density at radius 1 is 0.778 bits per heavy atom. The van der Waals surface area contributed by atoms with E-state index in [2.05, 4.69) is 19.7 Å². The van der Waals surface area contributed by atoms with Crippen LogP contribution >= 0.6 is 34.8 Å². The molecule has 0 aliphatic rings. The SMILES string of the molecule is C=CC(Cl)c1cccc(C(Cl)C=C)c1C(Cl)C=C. The van der Waals surface area contributed by atoms with Crippen molar-refractivity contribution in [2.45, 2.75) is 16.1 Å². The van der Waals surface area contributed by atoms with Crippen LogP contribution < -0.4 is 0 Å². The van der Waals surface area contributed by atoms with Crippen molar-refractivity contribution < 1.29 is 0 Å². The minimum atomic E-state index is -0.349. The molecule has 0 fully saturated rings. The summed E-state index contributed by atoms with van der Waals surface area (Å²) in [6.45, 7) is 11.1. The van der Waals surface area contributed by atoms with Crippen molar-refractivity contribution in [2.24, 2.45) is 0 Å². The molecule has 18 heavy (non-hydrogen) atoms. The quantitative estimate of drug-likeness (QED) is 0.441. The van der Waals surface area contributed by atoms with Crippen LogP contribution in [0.25, 0.3) is 0 Å². The predicted molar refractivity (Wildman–Crippen MR) is 82.8 cm³/mol. The number of alkyl halides is 3. The number of halogens is 3. The van der Waals surface area contributed by atoms with Crippen LogP contribution in [0.2, 0.25) is 0 Å². The molecule has 0 saturated carbocycles. The zero-order valence-corrected chi connectivity index (χ0v) is 12.2. The lowest BCUT2D eigenvalue weighted by molar-refractivity contribution is 1.04. The highest BCUT2D eigenvalue weighted by molar-refractivity contribution is 6.25. The van der Waals surface area contributed by atoms with Crippen LogP contribution in [0.15, 0.2) is 56.2 Å². The molecule has 1 aromatic rings. The molecule has 0 nitrogen and oxygen atoms in total. The van der Waals surface area contributed by atoms with E-state index in [1.54, 1.807) is 18.2 Å². The lowest BCUT2D eigenvalue weighted by Gasteiger charge is -2.20. The highest BCUT2D eigenvalue weighted by atomic mass is 35.5. The Kier molecular flexibility index (Phi) is 6.01. The second-order valence-corrected chi connectivity index (χ2v) is 5.17. The molecule has 0 spiro atoms. The van der Waals surface area contributed by atoms with Gasteiger partial charge in [0, 0.05) is 0 Å². The fourth-order valence-electron chi connectivity index (χ4n) is 1.77. The maximum Gasteiger partial charge on any atom is 0.0770 e. The molecule has 1 rings (SSSR count). The molecule has 3 heteroatoms. The average molecular weight is 302 g/mol. The molecule has 0 aromatic heterocycles. The van der Waals surface area contributed by atoms with Crippen molar-refractivity contribution in [3.8, 4) is 0 Å². The van der Waals surface area contributed by atoms with Gasteiger partial charge < -0.3 is 0 Å². The molecule has 0 bridgehead atoms. The third kappa shape index (κ3) is 3.20. The van der Waals surface area contributed by atoms with E-state index in [1.807, 2.05) is 18.2 Å². The Labute approximate surface area is 124 Å². The lowest BCUT2D eigenvalue weighted by atomic mass is 9.93. The van der Waals surface area contributed by atoms with Crippen molar-refractivity contribution in [2.75, 3.05) is 0 Å². The summed E-state index contributed by atoms with van der Waals surface area (Å²) >= 11 is 18.8. The van der Waals surface area contributed by atoms with Crippen molar-refractivity contribution in [1.82, 2.24) is 0 Å². The minimum Gasteiger partial charge on any atom is -0.113 e. The van der Waals surface area contributed by atoms with Crippen molar-refractivity contribution in [3.63, 3.8) is 0 Å². The molecule has 0 N–H and O–H groups in total. The van der Waals surface area contributed by atoms with Gasteiger partial charge in [-0.3, -0.25) is 0 Å².